The van der Waals surface area contributed by atoms with Crippen molar-refractivity contribution in [3.8, 4) is 0 Å². The van der Waals surface area contributed by atoms with E-state index in [2.05, 4.69) is 89.3 Å². The van der Waals surface area contributed by atoms with Gasteiger partial charge < -0.3 is 19.5 Å². The SMILES string of the molecule is CC(C)N1c2cc(NC(=O)OCCSc3ccccc3)c(C3=C([O-])/C(=c4/cc5c(cc4NC(=O)OCCSc4ccccc4)=[N+](C(C)C)C(C)C5(C)C)C3=O)cc2C(C)(C)C1C. The lowest BCUT2D eigenvalue weighted by molar-refractivity contribution is -0.292. The van der Waals surface area contributed by atoms with Crippen molar-refractivity contribution >= 4 is 69.7 Å². The molecule has 0 saturated heterocycles. The number of Topliss-reactive ketones (excluding diaryl/α,β-unsaturated/α-hetero) is 1. The van der Waals surface area contributed by atoms with Gasteiger partial charge in [-0.2, -0.15) is 0 Å². The molecule has 4 aromatic carbocycles. The van der Waals surface area contributed by atoms with Crippen LogP contribution in [0.2, 0.25) is 0 Å². The second-order valence-electron chi connectivity index (χ2n) is 17.9. The lowest BCUT2D eigenvalue weighted by Gasteiger charge is -2.34. The van der Waals surface area contributed by atoms with Gasteiger partial charge in [-0.3, -0.25) is 15.4 Å². The summed E-state index contributed by atoms with van der Waals surface area (Å²) in [4.78, 5) is 46.1. The quantitative estimate of drug-likeness (QED) is 0.0776. The second kappa shape index (κ2) is 17.9. The van der Waals surface area contributed by atoms with Gasteiger partial charge in [0.25, 0.3) is 0 Å². The molecule has 1 aliphatic carbocycles. The Hall–Kier alpha value is -5.20. The van der Waals surface area contributed by atoms with Crippen molar-refractivity contribution in [3.05, 3.63) is 118 Å². The molecule has 2 aliphatic heterocycles. The summed E-state index contributed by atoms with van der Waals surface area (Å²) in [6.07, 6.45) is -1.36. The molecular formula is C50H58N4O6S2. The summed E-state index contributed by atoms with van der Waals surface area (Å²) in [6, 6.07) is 27.8. The zero-order valence-electron chi connectivity index (χ0n) is 37.4. The first-order chi connectivity index (χ1) is 29.4. The minimum atomic E-state index is -0.679. The first kappa shape index (κ1) is 44.8. The molecule has 2 atom stereocenters. The number of amides is 2. The summed E-state index contributed by atoms with van der Waals surface area (Å²) < 4.78 is 13.6. The largest absolute Gasteiger partial charge is 0.871 e. The van der Waals surface area contributed by atoms with Gasteiger partial charge in [0.15, 0.2) is 11.8 Å². The van der Waals surface area contributed by atoms with Crippen molar-refractivity contribution in [3.63, 3.8) is 0 Å². The highest BCUT2D eigenvalue weighted by Crippen LogP contribution is 2.50. The maximum absolute atomic E-state index is 14.7. The summed E-state index contributed by atoms with van der Waals surface area (Å²) >= 11 is 3.16. The van der Waals surface area contributed by atoms with Crippen LogP contribution in [0.15, 0.2) is 100 Å². The molecule has 2 N–H and O–H groups in total. The average Bonchev–Trinajstić information content (AvgIpc) is 3.55. The number of benzene rings is 4. The third-order valence-corrected chi connectivity index (χ3v) is 14.8. The number of fused-ring (bicyclic) bond motifs is 2. The average molecular weight is 875 g/mol. The molecule has 2 heterocycles. The minimum absolute atomic E-state index is 0.0208. The van der Waals surface area contributed by atoms with E-state index < -0.39 is 23.7 Å². The molecule has 3 aliphatic rings. The van der Waals surface area contributed by atoms with E-state index in [0.29, 0.717) is 33.7 Å². The molecule has 62 heavy (non-hydrogen) atoms. The van der Waals surface area contributed by atoms with Crippen LogP contribution in [-0.2, 0) is 25.1 Å². The summed E-state index contributed by atoms with van der Waals surface area (Å²) in [5, 5.41) is 21.8. The monoisotopic (exact) mass is 874 g/mol. The number of nitrogens with one attached hydrogen (secondary N) is 2. The number of carbonyl (C=O) groups excluding carboxylic acids is 3. The molecule has 0 spiro atoms. The maximum Gasteiger partial charge on any atom is 0.411 e. The van der Waals surface area contributed by atoms with Crippen LogP contribution in [0, 0.1) is 0 Å². The van der Waals surface area contributed by atoms with Crippen LogP contribution in [0.25, 0.3) is 11.1 Å². The fourth-order valence-electron chi connectivity index (χ4n) is 9.07. The fourth-order valence-corrected chi connectivity index (χ4v) is 10.6. The minimum Gasteiger partial charge on any atom is -0.871 e. The lowest BCUT2D eigenvalue weighted by atomic mass is 9.76. The molecule has 0 bridgehead atoms. The van der Waals surface area contributed by atoms with Gasteiger partial charge in [0.1, 0.15) is 19.3 Å². The second-order valence-corrected chi connectivity index (χ2v) is 20.2. The highest BCUT2D eigenvalue weighted by atomic mass is 32.2. The Morgan fingerprint density at radius 3 is 1.82 bits per heavy atom. The molecule has 0 fully saturated rings. The number of hydrogen-bond acceptors (Lipinski definition) is 9. The van der Waals surface area contributed by atoms with Crippen molar-refractivity contribution in [2.45, 2.75) is 114 Å². The zero-order chi connectivity index (χ0) is 44.7. The first-order valence-corrected chi connectivity index (χ1v) is 23.4. The van der Waals surface area contributed by atoms with E-state index in [1.807, 2.05) is 84.9 Å². The van der Waals surface area contributed by atoms with Crippen LogP contribution in [0.1, 0.15) is 85.9 Å². The topological polar surface area (TPSA) is 123 Å². The molecule has 2 unspecified atom stereocenters. The van der Waals surface area contributed by atoms with E-state index in [4.69, 9.17) is 9.47 Å². The molecule has 0 radical (unpaired) electrons. The van der Waals surface area contributed by atoms with Gasteiger partial charge in [-0.05, 0) is 103 Å². The number of rotatable bonds is 13. The van der Waals surface area contributed by atoms with Crippen molar-refractivity contribution in [2.24, 2.45) is 0 Å². The number of anilines is 3. The van der Waals surface area contributed by atoms with Gasteiger partial charge >= 0.3 is 12.2 Å². The Kier molecular flexibility index (Phi) is 12.9. The standard InChI is InChI=1S/C50H58N4O6S2/c1-29(2)53-31(5)49(7,8)37-25-35(39(27-41(37)53)51-47(57)59-21-23-61-33-17-13-11-14-18-33)43-45(55)44(46(43)56)36-26-38-42(54(30(3)4)32(6)50(38,9)10)28-40(36)52-48(58)60-22-24-62-34-19-15-12-16-20-34/h11-20,25-32H,21-24H2,1-10H3,(H2,51,52,55,56,57,58). The third-order valence-electron chi connectivity index (χ3n) is 12.8. The number of hydrogen-bond donors (Lipinski definition) is 2. The number of allylic oxidation sites excluding steroid dienone is 2. The van der Waals surface area contributed by atoms with Crippen LogP contribution in [0.3, 0.4) is 0 Å². The molecular weight excluding hydrogens is 817 g/mol. The Labute approximate surface area is 373 Å². The Bertz CT molecular complexity index is 2550. The molecule has 326 valence electrons. The lowest BCUT2D eigenvalue weighted by Crippen LogP contribution is -2.42. The number of thioether (sulfide) groups is 2. The summed E-state index contributed by atoms with van der Waals surface area (Å²) in [5.41, 5.74) is 3.15. The Morgan fingerprint density at radius 1 is 0.758 bits per heavy atom. The Morgan fingerprint density at radius 2 is 1.31 bits per heavy atom. The highest BCUT2D eigenvalue weighted by molar-refractivity contribution is 7.99. The fraction of sp³-hybridized carbons (Fsp3) is 0.400. The van der Waals surface area contributed by atoms with Gasteiger partial charge in [0.2, 0.25) is 5.36 Å². The van der Waals surface area contributed by atoms with E-state index in [9.17, 15) is 19.5 Å². The maximum atomic E-state index is 14.7. The van der Waals surface area contributed by atoms with E-state index in [1.165, 1.54) is 0 Å². The molecule has 10 nitrogen and oxygen atoms in total. The van der Waals surface area contributed by atoms with Gasteiger partial charge in [-0.1, -0.05) is 56.0 Å². The van der Waals surface area contributed by atoms with Gasteiger partial charge in [-0.25, -0.2) is 14.2 Å². The number of carbonyl (C=O) groups is 3. The van der Waals surface area contributed by atoms with Crippen molar-refractivity contribution in [2.75, 3.05) is 40.3 Å². The highest BCUT2D eigenvalue weighted by Gasteiger charge is 2.47. The molecule has 0 saturated carbocycles. The van der Waals surface area contributed by atoms with E-state index in [-0.39, 0.29) is 59.4 Å². The van der Waals surface area contributed by atoms with E-state index in [1.54, 1.807) is 23.5 Å². The Balaban J connectivity index is 1.29. The van der Waals surface area contributed by atoms with Crippen molar-refractivity contribution < 1.29 is 29.0 Å². The number of ketones is 1. The summed E-state index contributed by atoms with van der Waals surface area (Å²) in [5.74, 6) is 0.178. The van der Waals surface area contributed by atoms with Gasteiger partial charge in [-0.15, -0.1) is 23.5 Å². The van der Waals surface area contributed by atoms with Crippen molar-refractivity contribution in [1.29, 1.82) is 0 Å². The van der Waals surface area contributed by atoms with Crippen LogP contribution >= 0.6 is 23.5 Å². The van der Waals surface area contributed by atoms with Crippen molar-refractivity contribution in [1.82, 2.24) is 4.58 Å². The normalized spacial score (nSPS) is 19.4. The van der Waals surface area contributed by atoms with Gasteiger partial charge in [0, 0.05) is 78.0 Å². The summed E-state index contributed by atoms with van der Waals surface area (Å²) in [7, 11) is 0. The number of ether oxygens (including phenoxy) is 2. The van der Waals surface area contributed by atoms with E-state index in [0.717, 1.165) is 32.0 Å². The number of nitrogens with zero attached hydrogens (tertiary/aromatic N) is 2. The molecule has 0 aromatic heterocycles. The van der Waals surface area contributed by atoms with E-state index >= 15 is 0 Å². The van der Waals surface area contributed by atoms with Gasteiger partial charge in [0.05, 0.1) is 16.8 Å². The zero-order valence-corrected chi connectivity index (χ0v) is 39.0. The molecule has 12 heteroatoms. The predicted octanol–water partition coefficient (Wildman–Crippen LogP) is 8.35. The summed E-state index contributed by atoms with van der Waals surface area (Å²) in [6.45, 7) is 21.8. The first-order valence-electron chi connectivity index (χ1n) is 21.4. The smallest absolute Gasteiger partial charge is 0.411 e. The van der Waals surface area contributed by atoms with Crippen LogP contribution < -0.4 is 35.8 Å². The van der Waals surface area contributed by atoms with Crippen LogP contribution in [-0.4, -0.2) is 66.9 Å². The molecule has 4 aromatic rings. The molecule has 2 amide bonds. The third kappa shape index (κ3) is 8.48. The van der Waals surface area contributed by atoms with Crippen LogP contribution in [0.5, 0.6) is 0 Å². The predicted molar refractivity (Wildman–Crippen MR) is 251 cm³/mol. The molecule has 7 rings (SSSR count). The van der Waals surface area contributed by atoms with Crippen LogP contribution in [0.4, 0.5) is 26.7 Å².